The number of benzene rings is 1. The van der Waals surface area contributed by atoms with E-state index in [0.717, 1.165) is 10.0 Å². The summed E-state index contributed by atoms with van der Waals surface area (Å²) in [7, 11) is 1.93. The van der Waals surface area contributed by atoms with Crippen LogP contribution in [0.4, 0.5) is 0 Å². The van der Waals surface area contributed by atoms with E-state index in [1.807, 2.05) is 19.2 Å². The monoisotopic (exact) mass is 363 g/mol. The van der Waals surface area contributed by atoms with E-state index in [9.17, 15) is 0 Å². The molecule has 1 aromatic heterocycles. The zero-order valence-electron chi connectivity index (χ0n) is 9.93. The molecule has 1 unspecified atom stereocenters. The molecule has 1 heterocycles. The normalized spacial score (nSPS) is 12.7. The third-order valence-electron chi connectivity index (χ3n) is 2.61. The van der Waals surface area contributed by atoms with Crippen LogP contribution in [0.2, 0.25) is 10.0 Å². The van der Waals surface area contributed by atoms with Gasteiger partial charge in [-0.1, -0.05) is 23.2 Å². The van der Waals surface area contributed by atoms with Crippen LogP contribution in [0.3, 0.4) is 0 Å². The fourth-order valence-electron chi connectivity index (χ4n) is 1.89. The topological polar surface area (TPSA) is 12.0 Å². The Morgan fingerprint density at radius 1 is 1.17 bits per heavy atom. The highest BCUT2D eigenvalue weighted by atomic mass is 79.9. The van der Waals surface area contributed by atoms with Gasteiger partial charge in [0.2, 0.25) is 0 Å². The first-order valence-corrected chi connectivity index (χ1v) is 7.77. The number of hydrogen-bond acceptors (Lipinski definition) is 2. The van der Waals surface area contributed by atoms with Gasteiger partial charge in [-0.3, -0.25) is 0 Å². The van der Waals surface area contributed by atoms with Gasteiger partial charge in [-0.25, -0.2) is 0 Å². The van der Waals surface area contributed by atoms with Crippen molar-refractivity contribution in [2.24, 2.45) is 0 Å². The lowest BCUT2D eigenvalue weighted by Gasteiger charge is -2.16. The van der Waals surface area contributed by atoms with Crippen LogP contribution in [-0.4, -0.2) is 7.05 Å². The molecule has 96 valence electrons. The molecule has 0 spiro atoms. The van der Waals surface area contributed by atoms with Crippen molar-refractivity contribution in [2.45, 2.75) is 13.0 Å². The Morgan fingerprint density at radius 2 is 1.78 bits per heavy atom. The molecular weight excluding hydrogens is 353 g/mol. The summed E-state index contributed by atoms with van der Waals surface area (Å²) in [5.41, 5.74) is 1.07. The molecule has 0 saturated carbocycles. The van der Waals surface area contributed by atoms with Crippen molar-refractivity contribution < 1.29 is 0 Å². The van der Waals surface area contributed by atoms with E-state index in [1.165, 1.54) is 9.75 Å². The average molecular weight is 365 g/mol. The smallest absolute Gasteiger partial charge is 0.0681 e. The van der Waals surface area contributed by atoms with E-state index in [1.54, 1.807) is 17.4 Å². The Labute approximate surface area is 129 Å². The van der Waals surface area contributed by atoms with E-state index in [-0.39, 0.29) is 6.04 Å². The van der Waals surface area contributed by atoms with Gasteiger partial charge < -0.3 is 5.32 Å². The maximum Gasteiger partial charge on any atom is 0.0681 e. The number of halogens is 3. The molecule has 0 aliphatic carbocycles. The van der Waals surface area contributed by atoms with Gasteiger partial charge in [-0.2, -0.15) is 0 Å². The van der Waals surface area contributed by atoms with Crippen molar-refractivity contribution in [1.29, 1.82) is 0 Å². The van der Waals surface area contributed by atoms with Crippen LogP contribution < -0.4 is 5.32 Å². The highest BCUT2D eigenvalue weighted by Crippen LogP contribution is 2.36. The fourth-order valence-corrected chi connectivity index (χ4v) is 4.45. The van der Waals surface area contributed by atoms with Crippen molar-refractivity contribution >= 4 is 50.5 Å². The van der Waals surface area contributed by atoms with Crippen molar-refractivity contribution in [2.75, 3.05) is 7.05 Å². The second-order valence-corrected chi connectivity index (χ2v) is 7.01. The molecule has 0 fully saturated rings. The summed E-state index contributed by atoms with van der Waals surface area (Å²) in [6, 6.07) is 7.84. The summed E-state index contributed by atoms with van der Waals surface area (Å²) in [5.74, 6) is 0. The minimum Gasteiger partial charge on any atom is -0.309 e. The molecular formula is C13H12BrCl2NS. The van der Waals surface area contributed by atoms with Crippen molar-refractivity contribution in [3.8, 4) is 0 Å². The van der Waals surface area contributed by atoms with Crippen LogP contribution in [0, 0.1) is 6.92 Å². The summed E-state index contributed by atoms with van der Waals surface area (Å²) in [5, 5.41) is 4.62. The largest absolute Gasteiger partial charge is 0.309 e. The average Bonchev–Trinajstić information content (AvgIpc) is 2.58. The van der Waals surface area contributed by atoms with Crippen LogP contribution in [-0.2, 0) is 0 Å². The lowest BCUT2D eigenvalue weighted by molar-refractivity contribution is 0.701. The third-order valence-corrected chi connectivity index (χ3v) is 5.08. The quantitative estimate of drug-likeness (QED) is 0.765. The summed E-state index contributed by atoms with van der Waals surface area (Å²) >= 11 is 17.5. The highest BCUT2D eigenvalue weighted by Gasteiger charge is 2.18. The first kappa shape index (κ1) is 14.4. The maximum absolute atomic E-state index is 6.06. The minimum absolute atomic E-state index is 0.0919. The lowest BCUT2D eigenvalue weighted by atomic mass is 10.1. The zero-order valence-corrected chi connectivity index (χ0v) is 13.8. The summed E-state index contributed by atoms with van der Waals surface area (Å²) < 4.78 is 1.11. The third kappa shape index (κ3) is 3.09. The fraction of sp³-hybridized carbons (Fsp3) is 0.231. The lowest BCUT2D eigenvalue weighted by Crippen LogP contribution is -2.16. The van der Waals surface area contributed by atoms with E-state index < -0.39 is 0 Å². The van der Waals surface area contributed by atoms with Crippen LogP contribution in [0.15, 0.2) is 28.7 Å². The number of aryl methyl sites for hydroxylation is 1. The molecule has 0 bridgehead atoms. The van der Waals surface area contributed by atoms with Gasteiger partial charge >= 0.3 is 0 Å². The van der Waals surface area contributed by atoms with Crippen molar-refractivity contribution in [1.82, 2.24) is 5.32 Å². The van der Waals surface area contributed by atoms with Crippen LogP contribution in [0.25, 0.3) is 0 Å². The van der Waals surface area contributed by atoms with Gasteiger partial charge in [-0.05, 0) is 59.7 Å². The molecule has 1 nitrogen and oxygen atoms in total. The molecule has 0 aliphatic rings. The van der Waals surface area contributed by atoms with E-state index in [0.29, 0.717) is 10.0 Å². The standard InChI is InChI=1S/C13H12BrCl2NS/c1-7-3-11(14)13(18-7)12(17-2)8-4-9(15)6-10(16)5-8/h3-6,12,17H,1-2H3. The molecule has 2 aromatic rings. The maximum atomic E-state index is 6.06. The first-order chi connectivity index (χ1) is 8.51. The number of hydrogen-bond donors (Lipinski definition) is 1. The van der Waals surface area contributed by atoms with Crippen LogP contribution in [0.5, 0.6) is 0 Å². The van der Waals surface area contributed by atoms with Crippen molar-refractivity contribution in [3.63, 3.8) is 0 Å². The SMILES string of the molecule is CNC(c1cc(Cl)cc(Cl)c1)c1sc(C)cc1Br. The molecule has 0 radical (unpaired) electrons. The van der Waals surface area contributed by atoms with E-state index in [2.05, 4.69) is 34.2 Å². The minimum atomic E-state index is 0.0919. The van der Waals surface area contributed by atoms with Gasteiger partial charge in [-0.15, -0.1) is 11.3 Å². The second-order valence-electron chi connectivity index (χ2n) is 3.99. The Bertz CT molecular complexity index is 548. The molecule has 1 N–H and O–H groups in total. The Morgan fingerprint density at radius 3 is 2.22 bits per heavy atom. The number of nitrogens with one attached hydrogen (secondary N) is 1. The Kier molecular flexibility index (Phi) is 4.73. The predicted octanol–water partition coefficient (Wildman–Crippen LogP) is 5.43. The zero-order chi connectivity index (χ0) is 13.3. The number of rotatable bonds is 3. The van der Waals surface area contributed by atoms with Gasteiger partial charge in [0.1, 0.15) is 0 Å². The highest BCUT2D eigenvalue weighted by molar-refractivity contribution is 9.10. The van der Waals surface area contributed by atoms with Gasteiger partial charge in [0, 0.05) is 24.3 Å². The Hall–Kier alpha value is -0.0600. The van der Waals surface area contributed by atoms with E-state index in [4.69, 9.17) is 23.2 Å². The van der Waals surface area contributed by atoms with Crippen LogP contribution >= 0.6 is 50.5 Å². The molecule has 1 atom stereocenters. The molecule has 2 rings (SSSR count). The molecule has 0 saturated heterocycles. The predicted molar refractivity (Wildman–Crippen MR) is 84.1 cm³/mol. The van der Waals surface area contributed by atoms with E-state index >= 15 is 0 Å². The Balaban J connectivity index is 2.48. The molecule has 0 aliphatic heterocycles. The summed E-state index contributed by atoms with van der Waals surface area (Å²) in [4.78, 5) is 2.50. The first-order valence-electron chi connectivity index (χ1n) is 5.40. The molecule has 0 amide bonds. The molecule has 1 aromatic carbocycles. The van der Waals surface area contributed by atoms with Gasteiger partial charge in [0.15, 0.2) is 0 Å². The van der Waals surface area contributed by atoms with Crippen molar-refractivity contribution in [3.05, 3.63) is 54.1 Å². The van der Waals surface area contributed by atoms with Gasteiger partial charge in [0.05, 0.1) is 6.04 Å². The number of thiophene rings is 1. The molecule has 5 heteroatoms. The summed E-state index contributed by atoms with van der Waals surface area (Å²) in [6.45, 7) is 2.09. The molecule has 18 heavy (non-hydrogen) atoms. The summed E-state index contributed by atoms with van der Waals surface area (Å²) in [6.07, 6.45) is 0. The van der Waals surface area contributed by atoms with Gasteiger partial charge in [0.25, 0.3) is 0 Å². The van der Waals surface area contributed by atoms with Crippen LogP contribution in [0.1, 0.15) is 21.4 Å². The second kappa shape index (κ2) is 5.93.